The zero-order valence-corrected chi connectivity index (χ0v) is 21.0. The van der Waals surface area contributed by atoms with Crippen molar-refractivity contribution in [3.05, 3.63) is 58.6 Å². The van der Waals surface area contributed by atoms with Gasteiger partial charge >= 0.3 is 0 Å². The lowest BCUT2D eigenvalue weighted by Crippen LogP contribution is -2.51. The maximum absolute atomic E-state index is 13.6. The molecule has 0 aliphatic rings. The SMILES string of the molecule is CC[C@H](C(=O)NC)N(Cc1ccccc1C)C(=O)CN(c1cc(Cl)ccc1OC)S(C)(=O)=O. The number of hydrogen-bond donors (Lipinski definition) is 1. The third kappa shape index (κ3) is 6.61. The number of rotatable bonds is 10. The van der Waals surface area contributed by atoms with E-state index in [0.717, 1.165) is 21.7 Å². The molecule has 10 heteroatoms. The van der Waals surface area contributed by atoms with Gasteiger partial charge in [-0.15, -0.1) is 0 Å². The molecule has 2 rings (SSSR count). The standard InChI is InChI=1S/C23H30ClN3O5S/c1-6-19(23(29)25-3)26(14-17-10-8-7-9-16(17)2)22(28)15-27(33(5,30)31)20-13-18(24)11-12-21(20)32-4/h7-13,19H,6,14-15H2,1-5H3,(H,25,29)/t19-/m1/s1. The lowest BCUT2D eigenvalue weighted by atomic mass is 10.1. The Balaban J connectivity index is 2.52. The Morgan fingerprint density at radius 2 is 1.85 bits per heavy atom. The molecule has 0 aliphatic carbocycles. The second-order valence-electron chi connectivity index (χ2n) is 7.57. The molecular formula is C23H30ClN3O5S. The van der Waals surface area contributed by atoms with Gasteiger partial charge in [0.15, 0.2) is 0 Å². The quantitative estimate of drug-likeness (QED) is 0.546. The minimum Gasteiger partial charge on any atom is -0.495 e. The minimum absolute atomic E-state index is 0.143. The fourth-order valence-corrected chi connectivity index (χ4v) is 4.52. The van der Waals surface area contributed by atoms with Crippen molar-refractivity contribution in [2.45, 2.75) is 32.9 Å². The van der Waals surface area contributed by atoms with Gasteiger partial charge in [0.2, 0.25) is 21.8 Å². The molecule has 2 aromatic rings. The van der Waals surface area contributed by atoms with E-state index in [-0.39, 0.29) is 23.9 Å². The van der Waals surface area contributed by atoms with Gasteiger partial charge in [-0.25, -0.2) is 8.42 Å². The van der Waals surface area contributed by atoms with Crippen molar-refractivity contribution < 1.29 is 22.7 Å². The average Bonchev–Trinajstić information content (AvgIpc) is 2.77. The third-order valence-electron chi connectivity index (χ3n) is 5.32. The van der Waals surface area contributed by atoms with E-state index >= 15 is 0 Å². The first kappa shape index (κ1) is 26.5. The van der Waals surface area contributed by atoms with Crippen LogP contribution in [0.3, 0.4) is 0 Å². The highest BCUT2D eigenvalue weighted by molar-refractivity contribution is 7.92. The van der Waals surface area contributed by atoms with Gasteiger partial charge in [-0.1, -0.05) is 42.8 Å². The number of ether oxygens (including phenoxy) is 1. The summed E-state index contributed by atoms with van der Waals surface area (Å²) in [5.41, 5.74) is 1.96. The van der Waals surface area contributed by atoms with E-state index in [0.29, 0.717) is 11.4 Å². The summed E-state index contributed by atoms with van der Waals surface area (Å²) in [7, 11) is -0.986. The Morgan fingerprint density at radius 3 is 2.39 bits per heavy atom. The normalized spacial score (nSPS) is 12.1. The number of carbonyl (C=O) groups excluding carboxylic acids is 2. The summed E-state index contributed by atoms with van der Waals surface area (Å²) in [6.07, 6.45) is 1.36. The van der Waals surface area contributed by atoms with Gasteiger partial charge < -0.3 is 15.0 Å². The van der Waals surface area contributed by atoms with Gasteiger partial charge in [0.05, 0.1) is 19.1 Å². The molecule has 0 unspecified atom stereocenters. The van der Waals surface area contributed by atoms with Crippen LogP contribution in [0, 0.1) is 6.92 Å². The van der Waals surface area contributed by atoms with E-state index in [1.807, 2.05) is 31.2 Å². The lowest BCUT2D eigenvalue weighted by molar-refractivity contribution is -0.140. The van der Waals surface area contributed by atoms with Crippen LogP contribution >= 0.6 is 11.6 Å². The van der Waals surface area contributed by atoms with E-state index in [2.05, 4.69) is 5.32 Å². The fraction of sp³-hybridized carbons (Fsp3) is 0.391. The van der Waals surface area contributed by atoms with Crippen LogP contribution < -0.4 is 14.4 Å². The summed E-state index contributed by atoms with van der Waals surface area (Å²) in [4.78, 5) is 27.6. The number of halogens is 1. The van der Waals surface area contributed by atoms with Crippen molar-refractivity contribution in [1.29, 1.82) is 0 Å². The van der Waals surface area contributed by atoms with Crippen LogP contribution in [-0.4, -0.2) is 58.1 Å². The average molecular weight is 496 g/mol. The van der Waals surface area contributed by atoms with Crippen LogP contribution in [0.15, 0.2) is 42.5 Å². The second-order valence-corrected chi connectivity index (χ2v) is 9.92. The molecule has 180 valence electrons. The molecule has 0 spiro atoms. The molecular weight excluding hydrogens is 466 g/mol. The molecule has 0 aliphatic heterocycles. The Bertz CT molecular complexity index is 1110. The number of amides is 2. The summed E-state index contributed by atoms with van der Waals surface area (Å²) in [5, 5.41) is 2.88. The predicted octanol–water partition coefficient (Wildman–Crippen LogP) is 2.98. The number of nitrogens with zero attached hydrogens (tertiary/aromatic N) is 2. The first-order valence-electron chi connectivity index (χ1n) is 10.4. The first-order chi connectivity index (χ1) is 15.5. The van der Waals surface area contributed by atoms with E-state index in [4.69, 9.17) is 16.3 Å². The van der Waals surface area contributed by atoms with Gasteiger partial charge in [0.25, 0.3) is 0 Å². The zero-order chi connectivity index (χ0) is 24.8. The molecule has 2 aromatic carbocycles. The van der Waals surface area contributed by atoms with E-state index in [1.54, 1.807) is 13.0 Å². The number of anilines is 1. The van der Waals surface area contributed by atoms with Crippen molar-refractivity contribution in [3.8, 4) is 5.75 Å². The predicted molar refractivity (Wildman–Crippen MR) is 130 cm³/mol. The molecule has 33 heavy (non-hydrogen) atoms. The number of carbonyl (C=O) groups is 2. The molecule has 1 atom stereocenters. The first-order valence-corrected chi connectivity index (χ1v) is 12.6. The van der Waals surface area contributed by atoms with E-state index in [9.17, 15) is 18.0 Å². The monoisotopic (exact) mass is 495 g/mol. The maximum Gasteiger partial charge on any atom is 0.244 e. The van der Waals surface area contributed by atoms with Crippen molar-refractivity contribution in [2.24, 2.45) is 0 Å². The highest BCUT2D eigenvalue weighted by Gasteiger charge is 2.32. The maximum atomic E-state index is 13.6. The molecule has 8 nitrogen and oxygen atoms in total. The van der Waals surface area contributed by atoms with Gasteiger partial charge in [0, 0.05) is 18.6 Å². The minimum atomic E-state index is -3.89. The third-order valence-corrected chi connectivity index (χ3v) is 6.68. The van der Waals surface area contributed by atoms with Crippen LogP contribution in [0.5, 0.6) is 5.75 Å². The Hall–Kier alpha value is -2.78. The number of methoxy groups -OCH3 is 1. The van der Waals surface area contributed by atoms with Crippen LogP contribution in [0.2, 0.25) is 5.02 Å². The molecule has 0 saturated carbocycles. The van der Waals surface area contributed by atoms with E-state index in [1.165, 1.54) is 31.2 Å². The smallest absolute Gasteiger partial charge is 0.244 e. The molecule has 0 radical (unpaired) electrons. The van der Waals surface area contributed by atoms with Crippen LogP contribution in [0.1, 0.15) is 24.5 Å². The van der Waals surface area contributed by atoms with Crippen molar-refractivity contribution in [3.63, 3.8) is 0 Å². The molecule has 0 aromatic heterocycles. The lowest BCUT2D eigenvalue weighted by Gasteiger charge is -2.33. The van der Waals surface area contributed by atoms with Gasteiger partial charge in [-0.2, -0.15) is 0 Å². The summed E-state index contributed by atoms with van der Waals surface area (Å²) in [6, 6.07) is 11.3. The van der Waals surface area contributed by atoms with Gasteiger partial charge in [-0.3, -0.25) is 13.9 Å². The number of aryl methyl sites for hydroxylation is 1. The molecule has 0 saturated heterocycles. The Kier molecular flexibility index (Phi) is 9.13. The number of hydrogen-bond acceptors (Lipinski definition) is 5. The van der Waals surface area contributed by atoms with Gasteiger partial charge in [-0.05, 0) is 42.7 Å². The fourth-order valence-electron chi connectivity index (χ4n) is 3.51. The summed E-state index contributed by atoms with van der Waals surface area (Å²) in [6.45, 7) is 3.35. The summed E-state index contributed by atoms with van der Waals surface area (Å²) >= 11 is 6.10. The number of sulfonamides is 1. The van der Waals surface area contributed by atoms with Crippen molar-refractivity contribution in [1.82, 2.24) is 10.2 Å². The molecule has 0 fully saturated rings. The second kappa shape index (κ2) is 11.4. The zero-order valence-electron chi connectivity index (χ0n) is 19.5. The molecule has 2 amide bonds. The van der Waals surface area contributed by atoms with Crippen molar-refractivity contribution in [2.75, 3.05) is 31.3 Å². The highest BCUT2D eigenvalue weighted by atomic mass is 35.5. The van der Waals surface area contributed by atoms with Crippen molar-refractivity contribution >= 4 is 39.1 Å². The number of nitrogens with one attached hydrogen (secondary N) is 1. The molecule has 1 N–H and O–H groups in total. The topological polar surface area (TPSA) is 96.0 Å². The van der Waals surface area contributed by atoms with Crippen LogP contribution in [-0.2, 0) is 26.2 Å². The largest absolute Gasteiger partial charge is 0.495 e. The molecule has 0 heterocycles. The number of benzene rings is 2. The van der Waals surface area contributed by atoms with E-state index < -0.39 is 28.5 Å². The highest BCUT2D eigenvalue weighted by Crippen LogP contribution is 2.33. The Morgan fingerprint density at radius 1 is 1.18 bits per heavy atom. The van der Waals surface area contributed by atoms with Gasteiger partial charge in [0.1, 0.15) is 18.3 Å². The Labute approximate surface area is 200 Å². The summed E-state index contributed by atoms with van der Waals surface area (Å²) in [5.74, 6) is -0.603. The number of likely N-dealkylation sites (N-methyl/N-ethyl adjacent to an activating group) is 1. The van der Waals surface area contributed by atoms with Crippen LogP contribution in [0.25, 0.3) is 0 Å². The molecule has 0 bridgehead atoms. The van der Waals surface area contributed by atoms with Crippen LogP contribution in [0.4, 0.5) is 5.69 Å². The summed E-state index contributed by atoms with van der Waals surface area (Å²) < 4.78 is 31.6.